The van der Waals surface area contributed by atoms with E-state index in [1.54, 1.807) is 20.2 Å². The molecule has 2 aromatic rings. The largest absolute Gasteiger partial charge is 0.378 e. The lowest BCUT2D eigenvalue weighted by atomic mass is 10.00. The Balaban J connectivity index is 2.52. The minimum atomic E-state index is -1.10. The summed E-state index contributed by atoms with van der Waals surface area (Å²) in [5, 5.41) is 12.0. The van der Waals surface area contributed by atoms with Gasteiger partial charge in [0.05, 0.1) is 0 Å². The lowest BCUT2D eigenvalue weighted by Crippen LogP contribution is -2.28. The molecule has 1 unspecified atom stereocenters. The lowest BCUT2D eigenvalue weighted by Gasteiger charge is -2.17. The molecule has 0 saturated carbocycles. The molecule has 17 heavy (non-hydrogen) atoms. The van der Waals surface area contributed by atoms with Gasteiger partial charge in [-0.05, 0) is 16.3 Å². The molecule has 0 aliphatic heterocycles. The highest BCUT2D eigenvalue weighted by Gasteiger charge is 2.20. The quantitative estimate of drug-likeness (QED) is 0.855. The molecular weight excluding hydrogens is 214 g/mol. The first-order valence-electron chi connectivity index (χ1n) is 5.48. The molecule has 1 atom stereocenters. The number of fused-ring (bicyclic) bond motifs is 1. The Hall–Kier alpha value is -1.87. The SMILES string of the molecule is CN(C)C(=O)C(O)c1cccc2ccccc12. The molecule has 1 N–H and O–H groups in total. The van der Waals surface area contributed by atoms with Crippen LogP contribution >= 0.6 is 0 Å². The van der Waals surface area contributed by atoms with Crippen molar-refractivity contribution < 1.29 is 9.90 Å². The fourth-order valence-electron chi connectivity index (χ4n) is 1.87. The Morgan fingerprint density at radius 2 is 1.76 bits per heavy atom. The van der Waals surface area contributed by atoms with Gasteiger partial charge in [0.2, 0.25) is 0 Å². The zero-order valence-corrected chi connectivity index (χ0v) is 9.92. The summed E-state index contributed by atoms with van der Waals surface area (Å²) in [5.41, 5.74) is 0.654. The van der Waals surface area contributed by atoms with E-state index in [2.05, 4.69) is 0 Å². The van der Waals surface area contributed by atoms with E-state index >= 15 is 0 Å². The Morgan fingerprint density at radius 1 is 1.12 bits per heavy atom. The predicted molar refractivity (Wildman–Crippen MR) is 67.6 cm³/mol. The van der Waals surface area contributed by atoms with E-state index in [9.17, 15) is 9.90 Å². The minimum Gasteiger partial charge on any atom is -0.378 e. The summed E-state index contributed by atoms with van der Waals surface area (Å²) in [6.07, 6.45) is -1.10. The maximum absolute atomic E-state index is 11.8. The number of likely N-dealkylation sites (N-methyl/N-ethyl adjacent to an activating group) is 1. The third kappa shape index (κ3) is 2.15. The second kappa shape index (κ2) is 4.55. The molecule has 0 aliphatic rings. The van der Waals surface area contributed by atoms with E-state index in [4.69, 9.17) is 0 Å². The summed E-state index contributed by atoms with van der Waals surface area (Å²) in [6.45, 7) is 0. The lowest BCUT2D eigenvalue weighted by molar-refractivity contribution is -0.137. The monoisotopic (exact) mass is 229 g/mol. The zero-order chi connectivity index (χ0) is 12.4. The van der Waals surface area contributed by atoms with Crippen molar-refractivity contribution in [1.82, 2.24) is 4.90 Å². The third-order valence-corrected chi connectivity index (χ3v) is 2.79. The van der Waals surface area contributed by atoms with Crippen molar-refractivity contribution in [3.63, 3.8) is 0 Å². The average molecular weight is 229 g/mol. The number of nitrogens with zero attached hydrogens (tertiary/aromatic N) is 1. The van der Waals surface area contributed by atoms with E-state index in [1.807, 2.05) is 36.4 Å². The van der Waals surface area contributed by atoms with Crippen molar-refractivity contribution in [1.29, 1.82) is 0 Å². The molecule has 1 amide bonds. The van der Waals surface area contributed by atoms with Crippen LogP contribution in [0.3, 0.4) is 0 Å². The van der Waals surface area contributed by atoms with Gasteiger partial charge in [0.25, 0.3) is 5.91 Å². The van der Waals surface area contributed by atoms with E-state index in [1.165, 1.54) is 4.90 Å². The van der Waals surface area contributed by atoms with Crippen LogP contribution in [-0.4, -0.2) is 30.0 Å². The molecule has 0 spiro atoms. The molecule has 0 bridgehead atoms. The standard InChI is InChI=1S/C14H15NO2/c1-15(2)14(17)13(16)12-9-5-7-10-6-3-4-8-11(10)12/h3-9,13,16H,1-2H3. The van der Waals surface area contributed by atoms with E-state index < -0.39 is 6.10 Å². The molecule has 0 aromatic heterocycles. The highest BCUT2D eigenvalue weighted by Crippen LogP contribution is 2.24. The smallest absolute Gasteiger partial charge is 0.255 e. The van der Waals surface area contributed by atoms with Gasteiger partial charge in [-0.1, -0.05) is 42.5 Å². The molecular formula is C14H15NO2. The Kier molecular flexibility index (Phi) is 3.11. The van der Waals surface area contributed by atoms with Gasteiger partial charge in [-0.15, -0.1) is 0 Å². The van der Waals surface area contributed by atoms with Crippen molar-refractivity contribution in [2.75, 3.05) is 14.1 Å². The van der Waals surface area contributed by atoms with Crippen LogP contribution in [0.5, 0.6) is 0 Å². The van der Waals surface area contributed by atoms with Gasteiger partial charge in [0, 0.05) is 14.1 Å². The maximum Gasteiger partial charge on any atom is 0.255 e. The molecule has 3 nitrogen and oxygen atoms in total. The number of rotatable bonds is 2. The normalized spacial score (nSPS) is 12.4. The van der Waals surface area contributed by atoms with Gasteiger partial charge in [0.1, 0.15) is 0 Å². The van der Waals surface area contributed by atoms with Gasteiger partial charge in [-0.25, -0.2) is 0 Å². The molecule has 0 saturated heterocycles. The van der Waals surface area contributed by atoms with E-state index in [0.717, 1.165) is 10.8 Å². The molecule has 0 fully saturated rings. The molecule has 0 aliphatic carbocycles. The number of carbonyl (C=O) groups excluding carboxylic acids is 1. The first-order valence-corrected chi connectivity index (χ1v) is 5.48. The molecule has 2 rings (SSSR count). The predicted octanol–water partition coefficient (Wildman–Crippen LogP) is 1.96. The summed E-state index contributed by atoms with van der Waals surface area (Å²) >= 11 is 0. The highest BCUT2D eigenvalue weighted by molar-refractivity contribution is 5.91. The van der Waals surface area contributed by atoms with Crippen molar-refractivity contribution in [3.8, 4) is 0 Å². The third-order valence-electron chi connectivity index (χ3n) is 2.79. The topological polar surface area (TPSA) is 40.5 Å². The summed E-state index contributed by atoms with van der Waals surface area (Å²) in [7, 11) is 3.27. The van der Waals surface area contributed by atoms with Crippen molar-refractivity contribution in [3.05, 3.63) is 48.0 Å². The number of carbonyl (C=O) groups is 1. The molecule has 2 aromatic carbocycles. The fraction of sp³-hybridized carbons (Fsp3) is 0.214. The molecule has 0 radical (unpaired) electrons. The fourth-order valence-corrected chi connectivity index (χ4v) is 1.87. The number of aliphatic hydroxyl groups is 1. The summed E-state index contributed by atoms with van der Waals surface area (Å²) in [4.78, 5) is 13.2. The van der Waals surface area contributed by atoms with Crippen LogP contribution < -0.4 is 0 Å². The van der Waals surface area contributed by atoms with Crippen molar-refractivity contribution in [2.45, 2.75) is 6.10 Å². The first kappa shape index (κ1) is 11.6. The minimum absolute atomic E-state index is 0.304. The molecule has 3 heteroatoms. The molecule has 88 valence electrons. The Bertz CT molecular complexity index is 543. The van der Waals surface area contributed by atoms with Crippen LogP contribution in [0.25, 0.3) is 10.8 Å². The average Bonchev–Trinajstić information content (AvgIpc) is 2.36. The highest BCUT2D eigenvalue weighted by atomic mass is 16.3. The van der Waals surface area contributed by atoms with Gasteiger partial charge in [-0.2, -0.15) is 0 Å². The number of benzene rings is 2. The second-order valence-corrected chi connectivity index (χ2v) is 4.20. The van der Waals surface area contributed by atoms with Crippen LogP contribution in [0.4, 0.5) is 0 Å². The number of aliphatic hydroxyl groups excluding tert-OH is 1. The van der Waals surface area contributed by atoms with Crippen LogP contribution in [0.1, 0.15) is 11.7 Å². The van der Waals surface area contributed by atoms with Crippen LogP contribution in [0.2, 0.25) is 0 Å². The van der Waals surface area contributed by atoms with Crippen LogP contribution in [0.15, 0.2) is 42.5 Å². The first-order chi connectivity index (χ1) is 8.11. The van der Waals surface area contributed by atoms with Crippen LogP contribution in [0, 0.1) is 0 Å². The van der Waals surface area contributed by atoms with Crippen molar-refractivity contribution >= 4 is 16.7 Å². The molecule has 0 heterocycles. The van der Waals surface area contributed by atoms with Crippen LogP contribution in [-0.2, 0) is 4.79 Å². The Morgan fingerprint density at radius 3 is 2.47 bits per heavy atom. The second-order valence-electron chi connectivity index (χ2n) is 4.20. The summed E-state index contributed by atoms with van der Waals surface area (Å²) in [6, 6.07) is 13.3. The van der Waals surface area contributed by atoms with Crippen molar-refractivity contribution in [2.24, 2.45) is 0 Å². The number of amides is 1. The van der Waals surface area contributed by atoms with E-state index in [-0.39, 0.29) is 5.91 Å². The summed E-state index contributed by atoms with van der Waals surface area (Å²) in [5.74, 6) is -0.304. The number of hydrogen-bond acceptors (Lipinski definition) is 2. The van der Waals surface area contributed by atoms with Gasteiger partial charge < -0.3 is 10.0 Å². The summed E-state index contributed by atoms with van der Waals surface area (Å²) < 4.78 is 0. The maximum atomic E-state index is 11.8. The van der Waals surface area contributed by atoms with E-state index in [0.29, 0.717) is 5.56 Å². The number of hydrogen-bond donors (Lipinski definition) is 1. The Labute approximate surface area is 100 Å². The van der Waals surface area contributed by atoms with Gasteiger partial charge in [-0.3, -0.25) is 4.79 Å². The zero-order valence-electron chi connectivity index (χ0n) is 9.92. The van der Waals surface area contributed by atoms with Gasteiger partial charge in [0.15, 0.2) is 6.10 Å². The van der Waals surface area contributed by atoms with Gasteiger partial charge >= 0.3 is 0 Å².